The molecule has 0 aromatic carbocycles. The molecule has 0 radical (unpaired) electrons. The van der Waals surface area contributed by atoms with Crippen LogP contribution in [0.2, 0.25) is 0 Å². The topological polar surface area (TPSA) is 46.2 Å². The fraction of sp³-hybridized carbons (Fsp3) is 0.714. The van der Waals surface area contributed by atoms with E-state index in [-0.39, 0.29) is 6.10 Å². The Bertz CT molecular complexity index is 111. The SMILES string of the molecule is NCC1CC=CC(O)C1. The summed E-state index contributed by atoms with van der Waals surface area (Å²) >= 11 is 0. The number of hydrogen-bond donors (Lipinski definition) is 2. The molecule has 2 heteroatoms. The lowest BCUT2D eigenvalue weighted by molar-refractivity contribution is 0.180. The van der Waals surface area contributed by atoms with Gasteiger partial charge in [0.1, 0.15) is 0 Å². The van der Waals surface area contributed by atoms with Gasteiger partial charge in [-0.15, -0.1) is 0 Å². The first kappa shape index (κ1) is 6.78. The molecule has 2 unspecified atom stereocenters. The third kappa shape index (κ3) is 1.80. The van der Waals surface area contributed by atoms with Crippen LogP contribution < -0.4 is 5.73 Å². The molecule has 0 aliphatic heterocycles. The van der Waals surface area contributed by atoms with Gasteiger partial charge < -0.3 is 10.8 Å². The average molecular weight is 127 g/mol. The molecule has 0 heterocycles. The molecule has 0 aromatic rings. The standard InChI is InChI=1S/C7H13NO/c8-5-6-2-1-3-7(9)4-6/h1,3,6-7,9H,2,4-5,8H2. The second kappa shape index (κ2) is 2.99. The molecular weight excluding hydrogens is 114 g/mol. The van der Waals surface area contributed by atoms with Gasteiger partial charge >= 0.3 is 0 Å². The first-order chi connectivity index (χ1) is 4.33. The Morgan fingerprint density at radius 2 is 2.44 bits per heavy atom. The zero-order valence-corrected chi connectivity index (χ0v) is 5.46. The summed E-state index contributed by atoms with van der Waals surface area (Å²) in [6.45, 7) is 0.696. The minimum atomic E-state index is -0.243. The Hall–Kier alpha value is -0.340. The van der Waals surface area contributed by atoms with Gasteiger partial charge in [-0.3, -0.25) is 0 Å². The summed E-state index contributed by atoms with van der Waals surface area (Å²) in [5.41, 5.74) is 5.42. The van der Waals surface area contributed by atoms with Crippen LogP contribution in [0, 0.1) is 5.92 Å². The molecule has 2 atom stereocenters. The summed E-state index contributed by atoms with van der Waals surface area (Å²) in [5, 5.41) is 9.07. The molecule has 1 aliphatic rings. The highest BCUT2D eigenvalue weighted by Gasteiger charge is 2.13. The molecule has 0 fully saturated rings. The summed E-state index contributed by atoms with van der Waals surface area (Å²) < 4.78 is 0. The van der Waals surface area contributed by atoms with Crippen LogP contribution in [0.25, 0.3) is 0 Å². The van der Waals surface area contributed by atoms with Crippen LogP contribution in [0.3, 0.4) is 0 Å². The molecule has 0 bridgehead atoms. The minimum absolute atomic E-state index is 0.243. The van der Waals surface area contributed by atoms with Gasteiger partial charge in [0.05, 0.1) is 6.10 Å². The molecular formula is C7H13NO. The molecule has 3 N–H and O–H groups in total. The van der Waals surface area contributed by atoms with Crippen LogP contribution in [0.15, 0.2) is 12.2 Å². The fourth-order valence-corrected chi connectivity index (χ4v) is 1.14. The molecule has 0 saturated heterocycles. The van der Waals surface area contributed by atoms with E-state index in [2.05, 4.69) is 0 Å². The largest absolute Gasteiger partial charge is 0.389 e. The number of hydrogen-bond acceptors (Lipinski definition) is 2. The van der Waals surface area contributed by atoms with E-state index in [4.69, 9.17) is 10.8 Å². The first-order valence-corrected chi connectivity index (χ1v) is 3.37. The number of aliphatic hydroxyl groups is 1. The Balaban J connectivity index is 2.38. The molecule has 0 spiro atoms. The van der Waals surface area contributed by atoms with E-state index in [1.165, 1.54) is 0 Å². The highest BCUT2D eigenvalue weighted by atomic mass is 16.3. The van der Waals surface area contributed by atoms with Gasteiger partial charge in [0.15, 0.2) is 0 Å². The van der Waals surface area contributed by atoms with Crippen LogP contribution in [-0.4, -0.2) is 17.8 Å². The van der Waals surface area contributed by atoms with E-state index in [0.717, 1.165) is 12.8 Å². The Kier molecular flexibility index (Phi) is 2.25. The zero-order chi connectivity index (χ0) is 6.69. The van der Waals surface area contributed by atoms with E-state index in [9.17, 15) is 0 Å². The van der Waals surface area contributed by atoms with Crippen molar-refractivity contribution >= 4 is 0 Å². The van der Waals surface area contributed by atoms with Crippen molar-refractivity contribution < 1.29 is 5.11 Å². The van der Waals surface area contributed by atoms with Crippen molar-refractivity contribution in [1.82, 2.24) is 0 Å². The van der Waals surface area contributed by atoms with Crippen molar-refractivity contribution in [1.29, 1.82) is 0 Å². The predicted molar refractivity (Wildman–Crippen MR) is 36.9 cm³/mol. The Morgan fingerprint density at radius 3 is 2.89 bits per heavy atom. The number of allylic oxidation sites excluding steroid dienone is 1. The predicted octanol–water partition coefficient (Wildman–Crippen LogP) is 0.272. The molecule has 0 aromatic heterocycles. The zero-order valence-electron chi connectivity index (χ0n) is 5.46. The molecule has 2 nitrogen and oxygen atoms in total. The van der Waals surface area contributed by atoms with E-state index in [1.807, 2.05) is 12.2 Å². The fourth-order valence-electron chi connectivity index (χ4n) is 1.14. The third-order valence-corrected chi connectivity index (χ3v) is 1.74. The third-order valence-electron chi connectivity index (χ3n) is 1.74. The van der Waals surface area contributed by atoms with Gasteiger partial charge in [0, 0.05) is 0 Å². The summed E-state index contributed by atoms with van der Waals surface area (Å²) in [6.07, 6.45) is 5.48. The number of nitrogens with two attached hydrogens (primary N) is 1. The van der Waals surface area contributed by atoms with Crippen LogP contribution in [0.5, 0.6) is 0 Å². The Morgan fingerprint density at radius 1 is 1.67 bits per heavy atom. The lowest BCUT2D eigenvalue weighted by Crippen LogP contribution is -2.21. The summed E-state index contributed by atoms with van der Waals surface area (Å²) in [7, 11) is 0. The van der Waals surface area contributed by atoms with Crippen LogP contribution in [0.1, 0.15) is 12.8 Å². The minimum Gasteiger partial charge on any atom is -0.389 e. The van der Waals surface area contributed by atoms with Crippen LogP contribution >= 0.6 is 0 Å². The van der Waals surface area contributed by atoms with Crippen molar-refractivity contribution in [2.24, 2.45) is 11.7 Å². The second-order valence-corrected chi connectivity index (χ2v) is 2.57. The normalized spacial score (nSPS) is 34.9. The highest BCUT2D eigenvalue weighted by molar-refractivity contribution is 4.96. The van der Waals surface area contributed by atoms with Gasteiger partial charge in [-0.1, -0.05) is 12.2 Å². The van der Waals surface area contributed by atoms with Crippen molar-refractivity contribution in [3.63, 3.8) is 0 Å². The van der Waals surface area contributed by atoms with Crippen molar-refractivity contribution in [3.05, 3.63) is 12.2 Å². The quantitative estimate of drug-likeness (QED) is 0.497. The van der Waals surface area contributed by atoms with Gasteiger partial charge in [-0.05, 0) is 25.3 Å². The van der Waals surface area contributed by atoms with Crippen molar-refractivity contribution in [3.8, 4) is 0 Å². The molecule has 1 aliphatic carbocycles. The Labute approximate surface area is 55.4 Å². The van der Waals surface area contributed by atoms with E-state index in [0.29, 0.717) is 12.5 Å². The molecule has 52 valence electrons. The van der Waals surface area contributed by atoms with Crippen LogP contribution in [0.4, 0.5) is 0 Å². The number of aliphatic hydroxyl groups excluding tert-OH is 1. The summed E-state index contributed by atoms with van der Waals surface area (Å²) in [6, 6.07) is 0. The van der Waals surface area contributed by atoms with E-state index >= 15 is 0 Å². The summed E-state index contributed by atoms with van der Waals surface area (Å²) in [4.78, 5) is 0. The second-order valence-electron chi connectivity index (χ2n) is 2.57. The summed E-state index contributed by atoms with van der Waals surface area (Å²) in [5.74, 6) is 0.505. The molecule has 9 heavy (non-hydrogen) atoms. The van der Waals surface area contributed by atoms with Gasteiger partial charge in [-0.25, -0.2) is 0 Å². The lowest BCUT2D eigenvalue weighted by atomic mass is 9.93. The molecule has 1 rings (SSSR count). The molecule has 0 amide bonds. The molecule has 0 saturated carbocycles. The average Bonchev–Trinajstić information content (AvgIpc) is 1.88. The maximum atomic E-state index is 9.07. The van der Waals surface area contributed by atoms with Gasteiger partial charge in [-0.2, -0.15) is 0 Å². The van der Waals surface area contributed by atoms with Gasteiger partial charge in [0.25, 0.3) is 0 Å². The van der Waals surface area contributed by atoms with Crippen molar-refractivity contribution in [2.45, 2.75) is 18.9 Å². The number of rotatable bonds is 1. The maximum Gasteiger partial charge on any atom is 0.0724 e. The lowest BCUT2D eigenvalue weighted by Gasteiger charge is -2.18. The maximum absolute atomic E-state index is 9.07. The van der Waals surface area contributed by atoms with Crippen LogP contribution in [-0.2, 0) is 0 Å². The highest BCUT2D eigenvalue weighted by Crippen LogP contribution is 2.16. The van der Waals surface area contributed by atoms with Gasteiger partial charge in [0.2, 0.25) is 0 Å². The monoisotopic (exact) mass is 127 g/mol. The smallest absolute Gasteiger partial charge is 0.0724 e. The van der Waals surface area contributed by atoms with E-state index < -0.39 is 0 Å². The first-order valence-electron chi connectivity index (χ1n) is 3.37. The van der Waals surface area contributed by atoms with E-state index in [1.54, 1.807) is 0 Å². The van der Waals surface area contributed by atoms with Crippen molar-refractivity contribution in [2.75, 3.05) is 6.54 Å².